The number of hydrogen-bond donors (Lipinski definition) is 1. The van der Waals surface area contributed by atoms with Gasteiger partial charge < -0.3 is 10.6 Å². The third-order valence-corrected chi connectivity index (χ3v) is 3.78. The largest absolute Gasteiger partial charge is 0.343 e. The van der Waals surface area contributed by atoms with Gasteiger partial charge in [0.25, 0.3) is 0 Å². The molecule has 1 saturated heterocycles. The van der Waals surface area contributed by atoms with Crippen LogP contribution < -0.4 is 5.73 Å². The van der Waals surface area contributed by atoms with Crippen LogP contribution in [0.25, 0.3) is 0 Å². The van der Waals surface area contributed by atoms with Crippen LogP contribution in [0.2, 0.25) is 0 Å². The summed E-state index contributed by atoms with van der Waals surface area (Å²) < 4.78 is 0. The van der Waals surface area contributed by atoms with E-state index in [1.807, 2.05) is 18.7 Å². The lowest BCUT2D eigenvalue weighted by Gasteiger charge is -2.39. The van der Waals surface area contributed by atoms with Crippen LogP contribution >= 0.6 is 0 Å². The molecule has 3 heteroatoms. The number of piperidine rings is 1. The summed E-state index contributed by atoms with van der Waals surface area (Å²) in [4.78, 5) is 13.9. The lowest BCUT2D eigenvalue weighted by atomic mass is 9.78. The quantitative estimate of drug-likeness (QED) is 0.801. The van der Waals surface area contributed by atoms with Gasteiger partial charge in [-0.3, -0.25) is 4.79 Å². The Balaban J connectivity index is 2.45. The van der Waals surface area contributed by atoms with Crippen LogP contribution in [0.5, 0.6) is 0 Å². The Kier molecular flexibility index (Phi) is 4.00. The molecule has 0 saturated carbocycles. The molecule has 1 heterocycles. The molecule has 1 rings (SSSR count). The number of carbonyl (C=O) groups is 1. The number of likely N-dealkylation sites (tertiary alicyclic amines) is 1. The van der Waals surface area contributed by atoms with E-state index in [1.165, 1.54) is 6.42 Å². The molecule has 16 heavy (non-hydrogen) atoms. The van der Waals surface area contributed by atoms with E-state index >= 15 is 0 Å². The van der Waals surface area contributed by atoms with Crippen LogP contribution in [0.4, 0.5) is 0 Å². The maximum absolute atomic E-state index is 12.0. The molecule has 0 aromatic heterocycles. The van der Waals surface area contributed by atoms with Crippen LogP contribution in [0.1, 0.15) is 53.4 Å². The van der Waals surface area contributed by atoms with Crippen molar-refractivity contribution in [2.45, 2.75) is 58.9 Å². The van der Waals surface area contributed by atoms with Crippen molar-refractivity contribution in [1.29, 1.82) is 0 Å². The van der Waals surface area contributed by atoms with Crippen LogP contribution in [0.3, 0.4) is 0 Å². The van der Waals surface area contributed by atoms with Gasteiger partial charge in [0.2, 0.25) is 5.91 Å². The van der Waals surface area contributed by atoms with Gasteiger partial charge in [-0.2, -0.15) is 0 Å². The minimum atomic E-state index is -0.386. The average molecular weight is 226 g/mol. The summed E-state index contributed by atoms with van der Waals surface area (Å²) >= 11 is 0. The van der Waals surface area contributed by atoms with E-state index in [9.17, 15) is 4.79 Å². The Labute approximate surface area is 99.4 Å². The second-order valence-electron chi connectivity index (χ2n) is 6.21. The van der Waals surface area contributed by atoms with Crippen molar-refractivity contribution in [3.05, 3.63) is 0 Å². The van der Waals surface area contributed by atoms with Crippen LogP contribution in [-0.4, -0.2) is 29.4 Å². The molecule has 0 aromatic rings. The summed E-state index contributed by atoms with van der Waals surface area (Å²) in [7, 11) is 0. The normalized spacial score (nSPS) is 20.9. The first kappa shape index (κ1) is 13.5. The van der Waals surface area contributed by atoms with E-state index in [0.29, 0.717) is 11.8 Å². The van der Waals surface area contributed by atoms with E-state index in [-0.39, 0.29) is 11.4 Å². The van der Waals surface area contributed by atoms with Crippen LogP contribution in [-0.2, 0) is 4.79 Å². The molecule has 0 aliphatic carbocycles. The van der Waals surface area contributed by atoms with Gasteiger partial charge in [-0.1, -0.05) is 20.3 Å². The van der Waals surface area contributed by atoms with Crippen molar-refractivity contribution >= 4 is 5.91 Å². The topological polar surface area (TPSA) is 46.3 Å². The van der Waals surface area contributed by atoms with Crippen molar-refractivity contribution in [3.8, 4) is 0 Å². The molecular formula is C13H26N2O. The fraction of sp³-hybridized carbons (Fsp3) is 0.923. The zero-order valence-electron chi connectivity index (χ0n) is 11.2. The van der Waals surface area contributed by atoms with E-state index in [4.69, 9.17) is 5.73 Å². The Hall–Kier alpha value is -0.570. The third-order valence-electron chi connectivity index (χ3n) is 3.78. The molecule has 3 nitrogen and oxygen atoms in total. The zero-order valence-corrected chi connectivity index (χ0v) is 11.2. The fourth-order valence-corrected chi connectivity index (χ4v) is 2.15. The molecule has 1 aliphatic heterocycles. The van der Waals surface area contributed by atoms with Crippen molar-refractivity contribution in [1.82, 2.24) is 4.90 Å². The molecule has 0 aromatic carbocycles. The molecular weight excluding hydrogens is 200 g/mol. The van der Waals surface area contributed by atoms with Gasteiger partial charge in [0.15, 0.2) is 0 Å². The number of carbonyl (C=O) groups excluding carboxylic acids is 1. The Morgan fingerprint density at radius 1 is 1.38 bits per heavy atom. The number of amides is 1. The summed E-state index contributed by atoms with van der Waals surface area (Å²) in [5.41, 5.74) is 5.93. The summed E-state index contributed by atoms with van der Waals surface area (Å²) in [5.74, 6) is 0.214. The molecule has 0 atom stereocenters. The highest BCUT2D eigenvalue weighted by molar-refractivity contribution is 5.77. The van der Waals surface area contributed by atoms with Gasteiger partial charge in [-0.25, -0.2) is 0 Å². The monoisotopic (exact) mass is 226 g/mol. The SMILES string of the molecule is CCC1(C)CCN(C(=O)CC(C)(C)N)CC1. The molecule has 94 valence electrons. The second-order valence-corrected chi connectivity index (χ2v) is 6.21. The van der Waals surface area contributed by atoms with Crippen molar-refractivity contribution in [2.24, 2.45) is 11.1 Å². The highest BCUT2D eigenvalue weighted by Gasteiger charge is 2.31. The lowest BCUT2D eigenvalue weighted by molar-refractivity contribution is -0.134. The van der Waals surface area contributed by atoms with Gasteiger partial charge in [0, 0.05) is 25.0 Å². The summed E-state index contributed by atoms with van der Waals surface area (Å²) in [6, 6.07) is 0. The molecule has 0 spiro atoms. The first-order chi connectivity index (χ1) is 7.26. The standard InChI is InChI=1S/C13H26N2O/c1-5-13(4)6-8-15(9-7-13)11(16)10-12(2,3)14/h5-10,14H2,1-4H3. The van der Waals surface area contributed by atoms with Gasteiger partial charge >= 0.3 is 0 Å². The highest BCUT2D eigenvalue weighted by atomic mass is 16.2. The smallest absolute Gasteiger partial charge is 0.224 e. The molecule has 0 radical (unpaired) electrons. The molecule has 1 fully saturated rings. The van der Waals surface area contributed by atoms with Gasteiger partial charge in [0.1, 0.15) is 0 Å². The summed E-state index contributed by atoms with van der Waals surface area (Å²) in [6.07, 6.45) is 3.91. The van der Waals surface area contributed by atoms with E-state index in [1.54, 1.807) is 0 Å². The van der Waals surface area contributed by atoms with Crippen molar-refractivity contribution in [3.63, 3.8) is 0 Å². The minimum absolute atomic E-state index is 0.214. The lowest BCUT2D eigenvalue weighted by Crippen LogP contribution is -2.46. The van der Waals surface area contributed by atoms with E-state index in [2.05, 4.69) is 13.8 Å². The van der Waals surface area contributed by atoms with Crippen LogP contribution in [0.15, 0.2) is 0 Å². The minimum Gasteiger partial charge on any atom is -0.343 e. The van der Waals surface area contributed by atoms with Crippen molar-refractivity contribution < 1.29 is 4.79 Å². The molecule has 1 aliphatic rings. The predicted molar refractivity (Wildman–Crippen MR) is 67.1 cm³/mol. The maximum Gasteiger partial charge on any atom is 0.224 e. The summed E-state index contributed by atoms with van der Waals surface area (Å²) in [6.45, 7) is 10.2. The number of rotatable bonds is 3. The Bertz CT molecular complexity index is 247. The molecule has 2 N–H and O–H groups in total. The average Bonchev–Trinajstić information content (AvgIpc) is 2.16. The summed E-state index contributed by atoms with van der Waals surface area (Å²) in [5, 5.41) is 0. The Morgan fingerprint density at radius 3 is 2.25 bits per heavy atom. The van der Waals surface area contributed by atoms with E-state index in [0.717, 1.165) is 25.9 Å². The second kappa shape index (κ2) is 4.74. The van der Waals surface area contributed by atoms with E-state index < -0.39 is 0 Å². The first-order valence-corrected chi connectivity index (χ1v) is 6.32. The molecule has 1 amide bonds. The van der Waals surface area contributed by atoms with Crippen LogP contribution in [0, 0.1) is 5.41 Å². The zero-order chi connectivity index (χ0) is 12.4. The first-order valence-electron chi connectivity index (χ1n) is 6.32. The predicted octanol–water partition coefficient (Wildman–Crippen LogP) is 2.15. The van der Waals surface area contributed by atoms with Gasteiger partial charge in [0.05, 0.1) is 0 Å². The van der Waals surface area contributed by atoms with Gasteiger partial charge in [-0.05, 0) is 32.1 Å². The number of hydrogen-bond acceptors (Lipinski definition) is 2. The van der Waals surface area contributed by atoms with Crippen molar-refractivity contribution in [2.75, 3.05) is 13.1 Å². The fourth-order valence-electron chi connectivity index (χ4n) is 2.15. The van der Waals surface area contributed by atoms with Gasteiger partial charge in [-0.15, -0.1) is 0 Å². The number of nitrogens with two attached hydrogens (primary N) is 1. The molecule has 0 unspecified atom stereocenters. The Morgan fingerprint density at radius 2 is 1.88 bits per heavy atom. The molecule has 0 bridgehead atoms. The highest BCUT2D eigenvalue weighted by Crippen LogP contribution is 2.34. The third kappa shape index (κ3) is 3.78. The maximum atomic E-state index is 12.0. The number of nitrogens with zero attached hydrogens (tertiary/aromatic N) is 1.